The Morgan fingerprint density at radius 1 is 1.19 bits per heavy atom. The van der Waals surface area contributed by atoms with Gasteiger partial charge in [0.05, 0.1) is 30.7 Å². The summed E-state index contributed by atoms with van der Waals surface area (Å²) in [5, 5.41) is 59.7. The van der Waals surface area contributed by atoms with E-state index in [0.29, 0.717) is 57.4 Å². The fourth-order valence-electron chi connectivity index (χ4n) is 6.70. The molecule has 1 aromatic carbocycles. The van der Waals surface area contributed by atoms with Crippen molar-refractivity contribution in [1.82, 2.24) is 15.6 Å². The van der Waals surface area contributed by atoms with Crippen molar-refractivity contribution in [2.75, 3.05) is 19.7 Å². The van der Waals surface area contributed by atoms with Gasteiger partial charge >= 0.3 is 0 Å². The Hall–Kier alpha value is -3.46. The van der Waals surface area contributed by atoms with E-state index >= 15 is 0 Å². The number of aromatic hydroxyl groups is 1. The quantitative estimate of drug-likeness (QED) is 0.122. The molecule has 1 aliphatic heterocycles. The number of nitrogens with one attached hydrogen (secondary N) is 3. The lowest BCUT2D eigenvalue weighted by Crippen LogP contribution is -2.38. The molecule has 0 radical (unpaired) electrons. The van der Waals surface area contributed by atoms with E-state index < -0.39 is 24.4 Å². The number of allylic oxidation sites excluding steroid dienone is 2. The summed E-state index contributed by atoms with van der Waals surface area (Å²) < 4.78 is 6.22. The number of H-pyrrole nitrogens is 1. The van der Waals surface area contributed by atoms with Crippen LogP contribution in [-0.4, -0.2) is 80.7 Å². The van der Waals surface area contributed by atoms with Crippen LogP contribution in [0, 0.1) is 29.6 Å². The molecule has 10 N–H and O–H groups in total. The van der Waals surface area contributed by atoms with Gasteiger partial charge in [-0.05, 0) is 106 Å². The lowest BCUT2D eigenvalue weighted by Gasteiger charge is -2.30. The topological polar surface area (TPSA) is 176 Å². The number of dihydropyridines is 1. The first-order valence-corrected chi connectivity index (χ1v) is 17.5. The molecule has 0 fully saturated rings. The average Bonchev–Trinajstić information content (AvgIpc) is 3.59. The lowest BCUT2D eigenvalue weighted by atomic mass is 9.84. The van der Waals surface area contributed by atoms with Gasteiger partial charge in [-0.25, -0.2) is 0 Å². The number of phenolic OH excluding ortho intramolecular Hbond substituents is 1. The van der Waals surface area contributed by atoms with E-state index in [1.165, 1.54) is 0 Å². The Morgan fingerprint density at radius 2 is 2.02 bits per heavy atom. The Morgan fingerprint density at radius 3 is 2.73 bits per heavy atom. The first-order chi connectivity index (χ1) is 23.1. The molecule has 0 unspecified atom stereocenters. The highest BCUT2D eigenvalue weighted by Gasteiger charge is 2.29. The van der Waals surface area contributed by atoms with E-state index in [1.807, 2.05) is 24.4 Å². The second kappa shape index (κ2) is 18.9. The molecule has 0 saturated heterocycles. The zero-order valence-corrected chi connectivity index (χ0v) is 28.4. The molecule has 8 atom stereocenters. The highest BCUT2D eigenvalue weighted by atomic mass is 16.5. The van der Waals surface area contributed by atoms with Gasteiger partial charge in [0.2, 0.25) is 0 Å². The summed E-state index contributed by atoms with van der Waals surface area (Å²) in [6, 6.07) is 9.27. The van der Waals surface area contributed by atoms with Gasteiger partial charge in [0.1, 0.15) is 6.10 Å². The second-order valence-corrected chi connectivity index (χ2v) is 13.5. The number of aromatic amines is 1. The summed E-state index contributed by atoms with van der Waals surface area (Å²) in [4.78, 5) is 3.26. The van der Waals surface area contributed by atoms with E-state index in [4.69, 9.17) is 10.5 Å². The minimum absolute atomic E-state index is 0.0191. The molecule has 0 bridgehead atoms. The van der Waals surface area contributed by atoms with E-state index in [0.717, 1.165) is 36.1 Å². The van der Waals surface area contributed by atoms with Crippen LogP contribution in [0.25, 0.3) is 0 Å². The number of phenols is 1. The number of aryl methyl sites for hydroxylation is 1. The van der Waals surface area contributed by atoms with Crippen LogP contribution in [0.1, 0.15) is 70.1 Å². The molecule has 10 nitrogen and oxygen atoms in total. The molecular formula is C38H56N4O6. The van der Waals surface area contributed by atoms with E-state index in [1.54, 1.807) is 25.1 Å². The van der Waals surface area contributed by atoms with Crippen LogP contribution in [0.4, 0.5) is 0 Å². The SMILES string of the molecule is CC[C@H]1C#CC[C@H]([C@H](O)CCc2ccc(O)c(O[C@H](CO)C[C@H](Cc3ccc[nH]3)C3=CCNC(N)=C3)c2)[C@@H](O)CC[C@H](NC[C@H](C)O)C1. The molecule has 4 rings (SSSR count). The summed E-state index contributed by atoms with van der Waals surface area (Å²) in [7, 11) is 0. The van der Waals surface area contributed by atoms with E-state index in [2.05, 4.69) is 40.5 Å². The molecule has 1 aliphatic carbocycles. The largest absolute Gasteiger partial charge is 0.504 e. The minimum Gasteiger partial charge on any atom is -0.504 e. The molecule has 0 saturated carbocycles. The van der Waals surface area contributed by atoms with Crippen molar-refractivity contribution < 1.29 is 30.3 Å². The third kappa shape index (κ3) is 11.6. The van der Waals surface area contributed by atoms with Crippen molar-refractivity contribution in [1.29, 1.82) is 0 Å². The number of aliphatic hydroxyl groups is 4. The van der Waals surface area contributed by atoms with Crippen molar-refractivity contribution in [3.8, 4) is 23.3 Å². The molecule has 48 heavy (non-hydrogen) atoms. The van der Waals surface area contributed by atoms with Gasteiger partial charge in [-0.1, -0.05) is 25.0 Å². The number of aliphatic hydroxyl groups excluding tert-OH is 4. The minimum atomic E-state index is -0.770. The fourth-order valence-corrected chi connectivity index (χ4v) is 6.70. The van der Waals surface area contributed by atoms with E-state index in [-0.39, 0.29) is 41.9 Å². The number of hydrogen-bond acceptors (Lipinski definition) is 9. The predicted octanol–water partition coefficient (Wildman–Crippen LogP) is 3.25. The Balaban J connectivity index is 1.40. The lowest BCUT2D eigenvalue weighted by molar-refractivity contribution is 0.00428. The molecular weight excluding hydrogens is 608 g/mol. The molecule has 1 aromatic heterocycles. The van der Waals surface area contributed by atoms with Crippen molar-refractivity contribution in [3.05, 3.63) is 71.3 Å². The van der Waals surface area contributed by atoms with Crippen LogP contribution in [0.15, 0.2) is 60.1 Å². The summed E-state index contributed by atoms with van der Waals surface area (Å²) in [6.45, 7) is 4.76. The van der Waals surface area contributed by atoms with E-state index in [9.17, 15) is 25.5 Å². The Kier molecular flexibility index (Phi) is 14.7. The fraction of sp³-hybridized carbons (Fsp3) is 0.579. The van der Waals surface area contributed by atoms with Gasteiger partial charge in [-0.2, -0.15) is 0 Å². The molecule has 0 spiro atoms. The first kappa shape index (κ1) is 37.4. The third-order valence-electron chi connectivity index (χ3n) is 9.57. The van der Waals surface area contributed by atoms with Crippen LogP contribution < -0.4 is 21.1 Å². The maximum atomic E-state index is 11.3. The molecule has 10 heteroatoms. The maximum absolute atomic E-state index is 11.3. The number of nitrogens with two attached hydrogens (primary N) is 1. The molecule has 264 valence electrons. The van der Waals surface area contributed by atoms with Gasteiger partial charge in [-0.15, -0.1) is 5.92 Å². The van der Waals surface area contributed by atoms with Crippen molar-refractivity contribution in [3.63, 3.8) is 0 Å². The Bertz CT molecular complexity index is 1380. The maximum Gasteiger partial charge on any atom is 0.161 e. The normalized spacial score (nSPS) is 24.1. The van der Waals surface area contributed by atoms with Crippen molar-refractivity contribution in [2.24, 2.45) is 23.5 Å². The summed E-state index contributed by atoms with van der Waals surface area (Å²) in [5.74, 6) is 7.33. The van der Waals surface area contributed by atoms with Crippen LogP contribution in [0.5, 0.6) is 11.5 Å². The summed E-state index contributed by atoms with van der Waals surface area (Å²) in [6.07, 6.45) is 9.02. The zero-order chi connectivity index (χ0) is 34.5. The number of rotatable bonds is 16. The van der Waals surface area contributed by atoms with Crippen molar-refractivity contribution in [2.45, 2.75) is 102 Å². The van der Waals surface area contributed by atoms with Gasteiger partial charge < -0.3 is 51.6 Å². The summed E-state index contributed by atoms with van der Waals surface area (Å²) >= 11 is 0. The second-order valence-electron chi connectivity index (χ2n) is 13.5. The van der Waals surface area contributed by atoms with Gasteiger partial charge in [-0.3, -0.25) is 0 Å². The number of aromatic nitrogens is 1. The molecule has 0 amide bonds. The molecule has 2 aromatic rings. The van der Waals surface area contributed by atoms with Crippen LogP contribution in [0.3, 0.4) is 0 Å². The smallest absolute Gasteiger partial charge is 0.161 e. The Labute approximate surface area is 285 Å². The van der Waals surface area contributed by atoms with Crippen LogP contribution >= 0.6 is 0 Å². The number of benzene rings is 1. The average molecular weight is 665 g/mol. The molecule has 2 aliphatic rings. The van der Waals surface area contributed by atoms with Crippen molar-refractivity contribution >= 4 is 0 Å². The van der Waals surface area contributed by atoms with Crippen LogP contribution in [0.2, 0.25) is 0 Å². The highest BCUT2D eigenvalue weighted by molar-refractivity contribution is 5.42. The van der Waals surface area contributed by atoms with Gasteiger partial charge in [0, 0.05) is 49.3 Å². The monoisotopic (exact) mass is 664 g/mol. The van der Waals surface area contributed by atoms with Gasteiger partial charge in [0.15, 0.2) is 11.5 Å². The molecule has 2 heterocycles. The van der Waals surface area contributed by atoms with Crippen LogP contribution in [-0.2, 0) is 12.8 Å². The standard InChI is InChI=1S/C38H56N4O6/c1-3-26-6-4-8-33(35(46)14-11-31(18-26)42-23-25(2)44)34(45)12-9-27-10-13-36(47)37(19-27)48-32(24-43)21-29(20-30-7-5-16-40-30)28-15-17-41-38(39)22-28/h5,7,10,13,15-16,19,22,25-26,29,31-35,40-47H,3,8-9,11-12,14,17-18,20-21,23-24,39H2,1-2H3/t25-,26-,29-,31-,32-,33+,34+,35-/m0/s1. The first-order valence-electron chi connectivity index (χ1n) is 17.5. The third-order valence-corrected chi connectivity index (χ3v) is 9.57. The zero-order valence-electron chi connectivity index (χ0n) is 28.4. The summed E-state index contributed by atoms with van der Waals surface area (Å²) in [5.41, 5.74) is 9.07. The number of hydrogen-bond donors (Lipinski definition) is 9. The predicted molar refractivity (Wildman–Crippen MR) is 188 cm³/mol. The highest BCUT2D eigenvalue weighted by Crippen LogP contribution is 2.32. The number of ether oxygens (including phenoxy) is 1. The van der Waals surface area contributed by atoms with Gasteiger partial charge in [0.25, 0.3) is 0 Å².